The van der Waals surface area contributed by atoms with Crippen molar-refractivity contribution < 1.29 is 13.9 Å². The molecule has 0 atom stereocenters. The first kappa shape index (κ1) is 13.1. The van der Waals surface area contributed by atoms with Crippen LogP contribution in [0.25, 0.3) is 11.0 Å². The fraction of sp³-hybridized carbons (Fsp3) is 0.333. The zero-order valence-electron chi connectivity index (χ0n) is 10.9. The van der Waals surface area contributed by atoms with Gasteiger partial charge in [0, 0.05) is 12.1 Å². The van der Waals surface area contributed by atoms with Crippen LogP contribution in [0.1, 0.15) is 13.8 Å². The summed E-state index contributed by atoms with van der Waals surface area (Å²) in [5.74, 6) is -0.973. The van der Waals surface area contributed by atoms with E-state index in [1.165, 1.54) is 23.8 Å². The summed E-state index contributed by atoms with van der Waals surface area (Å²) in [7, 11) is 1.35. The fourth-order valence-electron chi connectivity index (χ4n) is 1.95. The number of amides is 1. The molecule has 0 saturated heterocycles. The van der Waals surface area contributed by atoms with Crippen LogP contribution in [0.2, 0.25) is 0 Å². The van der Waals surface area contributed by atoms with Crippen LogP contribution in [-0.4, -0.2) is 22.6 Å². The van der Waals surface area contributed by atoms with Gasteiger partial charge in [0.2, 0.25) is 11.9 Å². The quantitative estimate of drug-likeness (QED) is 0.865. The number of nitrogens with zero attached hydrogens (tertiary/aromatic N) is 2. The van der Waals surface area contributed by atoms with Gasteiger partial charge in [-0.3, -0.25) is 9.36 Å². The van der Waals surface area contributed by atoms with E-state index < -0.39 is 17.3 Å². The third-order valence-corrected chi connectivity index (χ3v) is 3.12. The number of fused-ring (bicyclic) bond motifs is 1. The first-order valence-electron chi connectivity index (χ1n) is 5.61. The molecule has 102 valence electrons. The number of nitrogen functional groups attached to an aromatic ring is 1. The van der Waals surface area contributed by atoms with Gasteiger partial charge >= 0.3 is 0 Å². The Kier molecular flexibility index (Phi) is 2.84. The highest BCUT2D eigenvalue weighted by molar-refractivity contribution is 5.87. The number of primary amides is 1. The van der Waals surface area contributed by atoms with Crippen molar-refractivity contribution in [2.45, 2.75) is 19.4 Å². The summed E-state index contributed by atoms with van der Waals surface area (Å²) in [5.41, 5.74) is 10.9. The number of anilines is 1. The van der Waals surface area contributed by atoms with Gasteiger partial charge < -0.3 is 16.2 Å². The average molecular weight is 266 g/mol. The lowest BCUT2D eigenvalue weighted by Gasteiger charge is -2.24. The second-order valence-corrected chi connectivity index (χ2v) is 4.70. The highest BCUT2D eigenvalue weighted by atomic mass is 19.1. The molecular formula is C12H15FN4O2. The number of benzene rings is 1. The summed E-state index contributed by atoms with van der Waals surface area (Å²) in [6, 6.07) is 2.65. The molecule has 1 heterocycles. The van der Waals surface area contributed by atoms with Crippen molar-refractivity contribution in [2.75, 3.05) is 12.8 Å². The van der Waals surface area contributed by atoms with Crippen LogP contribution in [0.5, 0.6) is 5.75 Å². The number of hydrogen-bond donors (Lipinski definition) is 2. The van der Waals surface area contributed by atoms with Crippen molar-refractivity contribution in [1.29, 1.82) is 0 Å². The molecule has 0 unspecified atom stereocenters. The van der Waals surface area contributed by atoms with Gasteiger partial charge in [-0.2, -0.15) is 0 Å². The van der Waals surface area contributed by atoms with Crippen molar-refractivity contribution in [3.8, 4) is 5.75 Å². The number of hydrogen-bond acceptors (Lipinski definition) is 4. The summed E-state index contributed by atoms with van der Waals surface area (Å²) < 4.78 is 20.0. The number of nitrogens with two attached hydrogens (primary N) is 2. The average Bonchev–Trinajstić information content (AvgIpc) is 2.63. The van der Waals surface area contributed by atoms with Crippen LogP contribution in [0.4, 0.5) is 10.3 Å². The number of aromatic nitrogens is 2. The topological polar surface area (TPSA) is 96.2 Å². The molecule has 0 aliphatic rings. The zero-order chi connectivity index (χ0) is 14.4. The highest BCUT2D eigenvalue weighted by Gasteiger charge is 2.31. The van der Waals surface area contributed by atoms with E-state index in [1.54, 1.807) is 13.8 Å². The molecule has 0 spiro atoms. The van der Waals surface area contributed by atoms with Crippen LogP contribution in [0.3, 0.4) is 0 Å². The van der Waals surface area contributed by atoms with Crippen LogP contribution in [0, 0.1) is 5.82 Å². The van der Waals surface area contributed by atoms with Gasteiger partial charge in [-0.05, 0) is 13.8 Å². The Balaban J connectivity index is 2.81. The Labute approximate surface area is 109 Å². The molecule has 1 amide bonds. The minimum atomic E-state index is -1.08. The Morgan fingerprint density at radius 3 is 2.63 bits per heavy atom. The molecule has 0 bridgehead atoms. The van der Waals surface area contributed by atoms with Crippen LogP contribution >= 0.6 is 0 Å². The summed E-state index contributed by atoms with van der Waals surface area (Å²) in [4.78, 5) is 15.6. The van der Waals surface area contributed by atoms with Crippen molar-refractivity contribution in [1.82, 2.24) is 9.55 Å². The van der Waals surface area contributed by atoms with Crippen LogP contribution in [-0.2, 0) is 10.3 Å². The maximum absolute atomic E-state index is 13.6. The molecule has 0 fully saturated rings. The molecule has 0 aliphatic heterocycles. The van der Waals surface area contributed by atoms with Crippen molar-refractivity contribution in [3.05, 3.63) is 17.9 Å². The maximum Gasteiger partial charge on any atom is 0.243 e. The van der Waals surface area contributed by atoms with Crippen molar-refractivity contribution in [2.24, 2.45) is 5.73 Å². The lowest BCUT2D eigenvalue weighted by atomic mass is 10.0. The van der Waals surface area contributed by atoms with E-state index in [-0.39, 0.29) is 11.7 Å². The minimum absolute atomic E-state index is 0.0499. The largest absolute Gasteiger partial charge is 0.494 e. The van der Waals surface area contributed by atoms with E-state index in [1.807, 2.05) is 0 Å². The smallest absolute Gasteiger partial charge is 0.243 e. The second kappa shape index (κ2) is 4.11. The van der Waals surface area contributed by atoms with Gasteiger partial charge in [0.15, 0.2) is 11.6 Å². The lowest BCUT2D eigenvalue weighted by molar-refractivity contribution is -0.124. The predicted octanol–water partition coefficient (Wildman–Crippen LogP) is 0.987. The van der Waals surface area contributed by atoms with Crippen molar-refractivity contribution >= 4 is 22.9 Å². The molecule has 2 rings (SSSR count). The van der Waals surface area contributed by atoms with E-state index in [2.05, 4.69) is 4.98 Å². The minimum Gasteiger partial charge on any atom is -0.494 e. The van der Waals surface area contributed by atoms with Gasteiger partial charge in [-0.15, -0.1) is 0 Å². The highest BCUT2D eigenvalue weighted by Crippen LogP contribution is 2.30. The molecule has 1 aromatic heterocycles. The summed E-state index contributed by atoms with van der Waals surface area (Å²) in [6.45, 7) is 3.23. The second-order valence-electron chi connectivity index (χ2n) is 4.70. The predicted molar refractivity (Wildman–Crippen MR) is 69.2 cm³/mol. The molecule has 0 saturated carbocycles. The number of ether oxygens (including phenoxy) is 1. The SMILES string of the molecule is COc1cc2c(cc1F)nc(N)n2C(C)(C)C(N)=O. The summed E-state index contributed by atoms with van der Waals surface area (Å²) in [6.07, 6.45) is 0. The third-order valence-electron chi connectivity index (χ3n) is 3.12. The fourth-order valence-corrected chi connectivity index (χ4v) is 1.95. The molecule has 0 aliphatic carbocycles. The molecule has 2 aromatic rings. The number of imidazole rings is 1. The van der Waals surface area contributed by atoms with E-state index in [9.17, 15) is 9.18 Å². The van der Waals surface area contributed by atoms with E-state index in [4.69, 9.17) is 16.2 Å². The normalized spacial score (nSPS) is 11.8. The zero-order valence-corrected chi connectivity index (χ0v) is 10.9. The molecule has 19 heavy (non-hydrogen) atoms. The molecule has 7 heteroatoms. The Bertz CT molecular complexity index is 663. The standard InChI is InChI=1S/C12H15FN4O2/c1-12(2,10(14)18)17-8-5-9(19-3)6(13)4-7(8)16-11(17)15/h4-5H,1-3H3,(H2,14,18)(H2,15,16). The number of methoxy groups -OCH3 is 1. The number of rotatable bonds is 3. The van der Waals surface area contributed by atoms with Gasteiger partial charge in [0.1, 0.15) is 5.54 Å². The van der Waals surface area contributed by atoms with E-state index in [0.29, 0.717) is 11.0 Å². The first-order chi connectivity index (χ1) is 8.78. The van der Waals surface area contributed by atoms with Gasteiger partial charge in [0.25, 0.3) is 0 Å². The maximum atomic E-state index is 13.6. The summed E-state index contributed by atoms with van der Waals surface area (Å²) >= 11 is 0. The first-order valence-corrected chi connectivity index (χ1v) is 5.61. The van der Waals surface area contributed by atoms with Gasteiger partial charge in [0.05, 0.1) is 18.1 Å². The molecule has 0 radical (unpaired) electrons. The molecule has 4 N–H and O–H groups in total. The van der Waals surface area contributed by atoms with Crippen LogP contribution in [0.15, 0.2) is 12.1 Å². The van der Waals surface area contributed by atoms with Gasteiger partial charge in [-0.1, -0.05) is 0 Å². The Hall–Kier alpha value is -2.31. The van der Waals surface area contributed by atoms with E-state index in [0.717, 1.165) is 0 Å². The lowest BCUT2D eigenvalue weighted by Crippen LogP contribution is -2.41. The van der Waals surface area contributed by atoms with Crippen LogP contribution < -0.4 is 16.2 Å². The third kappa shape index (κ3) is 1.87. The molecule has 6 nitrogen and oxygen atoms in total. The number of halogens is 1. The number of carbonyl (C=O) groups is 1. The molecule has 1 aromatic carbocycles. The van der Waals surface area contributed by atoms with Crippen molar-refractivity contribution in [3.63, 3.8) is 0 Å². The van der Waals surface area contributed by atoms with E-state index >= 15 is 0 Å². The Morgan fingerprint density at radius 1 is 1.47 bits per heavy atom. The van der Waals surface area contributed by atoms with Gasteiger partial charge in [-0.25, -0.2) is 9.37 Å². The molecular weight excluding hydrogens is 251 g/mol. The number of carbonyl (C=O) groups excluding carboxylic acids is 1. The monoisotopic (exact) mass is 266 g/mol. The Morgan fingerprint density at radius 2 is 2.11 bits per heavy atom. The summed E-state index contributed by atoms with van der Waals surface area (Å²) in [5, 5.41) is 0.